The molecule has 1 atom stereocenters. The van der Waals surface area contributed by atoms with Crippen LogP contribution < -0.4 is 5.32 Å². The normalized spacial score (nSPS) is 18.2. The topological polar surface area (TPSA) is 62.5 Å². The highest BCUT2D eigenvalue weighted by Gasteiger charge is 2.24. The van der Waals surface area contributed by atoms with Gasteiger partial charge in [-0.1, -0.05) is 19.3 Å². The van der Waals surface area contributed by atoms with Gasteiger partial charge in [0.05, 0.1) is 6.26 Å². The summed E-state index contributed by atoms with van der Waals surface area (Å²) in [4.78, 5) is 11.9. The first kappa shape index (κ1) is 14.9. The summed E-state index contributed by atoms with van der Waals surface area (Å²) in [7, 11) is 0. The lowest BCUT2D eigenvalue weighted by atomic mass is 9.82. The number of amides is 1. The average Bonchev–Trinajstić information content (AvgIpc) is 2.99. The highest BCUT2D eigenvalue weighted by Crippen LogP contribution is 2.27. The van der Waals surface area contributed by atoms with E-state index >= 15 is 0 Å². The maximum Gasteiger partial charge on any atom is 0.244 e. The molecule has 0 radical (unpaired) electrons. The summed E-state index contributed by atoms with van der Waals surface area (Å²) < 4.78 is 5.15. The quantitative estimate of drug-likeness (QED) is 0.786. The fraction of sp³-hybridized carbons (Fsp3) is 0.562. The summed E-state index contributed by atoms with van der Waals surface area (Å²) in [5.74, 6) is 1.04. The molecule has 1 heterocycles. The van der Waals surface area contributed by atoms with E-state index in [0.29, 0.717) is 18.1 Å². The summed E-state index contributed by atoms with van der Waals surface area (Å²) >= 11 is 0. The second-order valence-corrected chi connectivity index (χ2v) is 5.37. The van der Waals surface area contributed by atoms with Crippen molar-refractivity contribution in [1.29, 1.82) is 0 Å². The van der Waals surface area contributed by atoms with Crippen LogP contribution in [0.15, 0.2) is 28.9 Å². The van der Waals surface area contributed by atoms with Gasteiger partial charge in [0.25, 0.3) is 0 Å². The maximum absolute atomic E-state index is 11.9. The first-order valence-electron chi connectivity index (χ1n) is 7.42. The second kappa shape index (κ2) is 7.90. The molecule has 4 nitrogen and oxygen atoms in total. The van der Waals surface area contributed by atoms with Gasteiger partial charge in [0.15, 0.2) is 0 Å². The van der Waals surface area contributed by atoms with Crippen LogP contribution >= 0.6 is 0 Å². The number of carbonyl (C=O) groups excluding carboxylic acids is 1. The standard InChI is InChI=1S/C16H23NO3/c18-11-10-15(13-5-2-1-3-6-13)17-16(19)9-8-14-7-4-12-20-14/h4,7-9,12-13,15,18H,1-3,5-6,10-11H2,(H,17,19). The van der Waals surface area contributed by atoms with Crippen molar-refractivity contribution in [3.63, 3.8) is 0 Å². The number of hydrogen-bond donors (Lipinski definition) is 2. The molecule has 0 aliphatic heterocycles. The molecule has 2 N–H and O–H groups in total. The molecular weight excluding hydrogens is 254 g/mol. The molecule has 1 aliphatic carbocycles. The number of carbonyl (C=O) groups is 1. The van der Waals surface area contributed by atoms with Crippen molar-refractivity contribution < 1.29 is 14.3 Å². The molecule has 1 aliphatic rings. The smallest absolute Gasteiger partial charge is 0.244 e. The molecule has 1 aromatic heterocycles. The van der Waals surface area contributed by atoms with Crippen molar-refractivity contribution in [3.05, 3.63) is 30.2 Å². The SMILES string of the molecule is O=C(C=Cc1ccco1)NC(CCO)C1CCCCC1. The largest absolute Gasteiger partial charge is 0.465 e. The Balaban J connectivity index is 1.88. The van der Waals surface area contributed by atoms with Crippen molar-refractivity contribution >= 4 is 12.0 Å². The third kappa shape index (κ3) is 4.53. The van der Waals surface area contributed by atoms with Crippen LogP contribution in [-0.4, -0.2) is 23.7 Å². The van der Waals surface area contributed by atoms with Gasteiger partial charge >= 0.3 is 0 Å². The van der Waals surface area contributed by atoms with Crippen LogP contribution in [0, 0.1) is 5.92 Å². The highest BCUT2D eigenvalue weighted by atomic mass is 16.3. The summed E-state index contributed by atoms with van der Waals surface area (Å²) in [6, 6.07) is 3.67. The Bertz CT molecular complexity index is 419. The Kier molecular flexibility index (Phi) is 5.87. The second-order valence-electron chi connectivity index (χ2n) is 5.37. The molecule has 4 heteroatoms. The van der Waals surface area contributed by atoms with Gasteiger partial charge in [-0.2, -0.15) is 0 Å². The van der Waals surface area contributed by atoms with Gasteiger partial charge in [-0.05, 0) is 43.4 Å². The van der Waals surface area contributed by atoms with Crippen LogP contribution in [0.2, 0.25) is 0 Å². The minimum atomic E-state index is -0.120. The summed E-state index contributed by atoms with van der Waals surface area (Å²) in [6.45, 7) is 0.114. The molecular formula is C16H23NO3. The van der Waals surface area contributed by atoms with Gasteiger partial charge in [0.2, 0.25) is 5.91 Å². The van der Waals surface area contributed by atoms with Gasteiger partial charge in [-0.25, -0.2) is 0 Å². The lowest BCUT2D eigenvalue weighted by molar-refractivity contribution is -0.117. The minimum absolute atomic E-state index is 0.0778. The van der Waals surface area contributed by atoms with Gasteiger partial charge in [0, 0.05) is 18.7 Å². The third-order valence-electron chi connectivity index (χ3n) is 3.93. The Hall–Kier alpha value is -1.55. The molecule has 1 aromatic rings. The van der Waals surface area contributed by atoms with Crippen molar-refractivity contribution in [2.45, 2.75) is 44.6 Å². The monoisotopic (exact) mass is 277 g/mol. The first-order chi connectivity index (χ1) is 9.79. The fourth-order valence-electron chi connectivity index (χ4n) is 2.88. The fourth-order valence-corrected chi connectivity index (χ4v) is 2.88. The van der Waals surface area contributed by atoms with Crippen LogP contribution in [0.1, 0.15) is 44.3 Å². The van der Waals surface area contributed by atoms with E-state index in [1.807, 2.05) is 0 Å². The molecule has 0 spiro atoms. The van der Waals surface area contributed by atoms with E-state index in [2.05, 4.69) is 5.32 Å². The number of nitrogens with one attached hydrogen (secondary N) is 1. The molecule has 1 unspecified atom stereocenters. The van der Waals surface area contributed by atoms with Crippen LogP contribution in [0.25, 0.3) is 6.08 Å². The van der Waals surface area contributed by atoms with E-state index in [1.54, 1.807) is 24.5 Å². The van der Waals surface area contributed by atoms with E-state index in [9.17, 15) is 9.90 Å². The summed E-state index contributed by atoms with van der Waals surface area (Å²) in [6.07, 6.45) is 11.4. The molecule has 0 aromatic carbocycles. The molecule has 20 heavy (non-hydrogen) atoms. The van der Waals surface area contributed by atoms with Crippen LogP contribution in [-0.2, 0) is 4.79 Å². The number of aliphatic hydroxyl groups excluding tert-OH is 1. The predicted molar refractivity (Wildman–Crippen MR) is 78.0 cm³/mol. The van der Waals surface area contributed by atoms with Crippen molar-refractivity contribution in [2.24, 2.45) is 5.92 Å². The zero-order valence-electron chi connectivity index (χ0n) is 11.8. The zero-order valence-corrected chi connectivity index (χ0v) is 11.8. The Labute approximate surface area is 119 Å². The molecule has 1 saturated carbocycles. The van der Waals surface area contributed by atoms with E-state index in [-0.39, 0.29) is 18.6 Å². The highest BCUT2D eigenvalue weighted by molar-refractivity contribution is 5.91. The van der Waals surface area contributed by atoms with Gasteiger partial charge < -0.3 is 14.8 Å². The molecule has 1 fully saturated rings. The molecule has 2 rings (SSSR count). The summed E-state index contributed by atoms with van der Waals surface area (Å²) in [5.41, 5.74) is 0. The number of aliphatic hydroxyl groups is 1. The molecule has 1 amide bonds. The molecule has 0 bridgehead atoms. The van der Waals surface area contributed by atoms with Crippen molar-refractivity contribution in [1.82, 2.24) is 5.32 Å². The number of hydrogen-bond acceptors (Lipinski definition) is 3. The van der Waals surface area contributed by atoms with Crippen LogP contribution in [0.4, 0.5) is 0 Å². The Morgan fingerprint density at radius 1 is 1.45 bits per heavy atom. The van der Waals surface area contributed by atoms with Gasteiger partial charge in [0.1, 0.15) is 5.76 Å². The maximum atomic E-state index is 11.9. The average molecular weight is 277 g/mol. The Morgan fingerprint density at radius 2 is 2.25 bits per heavy atom. The minimum Gasteiger partial charge on any atom is -0.465 e. The van der Waals surface area contributed by atoms with Crippen LogP contribution in [0.5, 0.6) is 0 Å². The van der Waals surface area contributed by atoms with Crippen molar-refractivity contribution in [2.75, 3.05) is 6.61 Å². The van der Waals surface area contributed by atoms with E-state index in [4.69, 9.17) is 4.42 Å². The zero-order chi connectivity index (χ0) is 14.2. The number of rotatable bonds is 6. The van der Waals surface area contributed by atoms with Gasteiger partial charge in [-0.15, -0.1) is 0 Å². The van der Waals surface area contributed by atoms with E-state index in [1.165, 1.54) is 25.3 Å². The molecule has 110 valence electrons. The Morgan fingerprint density at radius 3 is 2.90 bits per heavy atom. The first-order valence-corrected chi connectivity index (χ1v) is 7.42. The number of furan rings is 1. The predicted octanol–water partition coefficient (Wildman–Crippen LogP) is 2.74. The lowest BCUT2D eigenvalue weighted by Crippen LogP contribution is -2.41. The van der Waals surface area contributed by atoms with E-state index < -0.39 is 0 Å². The van der Waals surface area contributed by atoms with Crippen LogP contribution in [0.3, 0.4) is 0 Å². The molecule has 0 saturated heterocycles. The van der Waals surface area contributed by atoms with Crippen molar-refractivity contribution in [3.8, 4) is 0 Å². The summed E-state index contributed by atoms with van der Waals surface area (Å²) in [5, 5.41) is 12.2. The van der Waals surface area contributed by atoms with E-state index in [0.717, 1.165) is 12.8 Å². The third-order valence-corrected chi connectivity index (χ3v) is 3.93. The van der Waals surface area contributed by atoms with Gasteiger partial charge in [-0.3, -0.25) is 4.79 Å². The lowest BCUT2D eigenvalue weighted by Gasteiger charge is -2.30.